The highest BCUT2D eigenvalue weighted by Crippen LogP contribution is 2.38. The Bertz CT molecular complexity index is 1110. The summed E-state index contributed by atoms with van der Waals surface area (Å²) in [6.45, 7) is 1.56. The van der Waals surface area contributed by atoms with Gasteiger partial charge in [0.25, 0.3) is 0 Å². The van der Waals surface area contributed by atoms with Crippen LogP contribution in [0.5, 0.6) is 0 Å². The van der Waals surface area contributed by atoms with Gasteiger partial charge in [-0.1, -0.05) is 37.5 Å². The number of nitrogens with zero attached hydrogens (tertiary/aromatic N) is 2. The van der Waals surface area contributed by atoms with Gasteiger partial charge in [0.1, 0.15) is 17.3 Å². The number of aliphatic hydroxyl groups is 1. The number of halogens is 2. The number of hydrogen-bond acceptors (Lipinski definition) is 5. The lowest BCUT2D eigenvalue weighted by atomic mass is 9.76. The summed E-state index contributed by atoms with van der Waals surface area (Å²) in [4.78, 5) is 11.8. The zero-order chi connectivity index (χ0) is 24.8. The topological polar surface area (TPSA) is 103 Å². The van der Waals surface area contributed by atoms with E-state index >= 15 is 0 Å². The average Bonchev–Trinajstić information content (AvgIpc) is 3.37. The van der Waals surface area contributed by atoms with Crippen molar-refractivity contribution in [2.24, 2.45) is 0 Å². The SMILES string of the molecule is CC(=O)NC(Cc1cc(F)cc(F)c1)C(O)CNC1(c2cccc(-c3cn[nH]n3)c2)CCCCC1. The number of aliphatic hydroxyl groups excluding tert-OH is 1. The van der Waals surface area contributed by atoms with Crippen LogP contribution in [0.3, 0.4) is 0 Å². The lowest BCUT2D eigenvalue weighted by Crippen LogP contribution is -2.53. The minimum absolute atomic E-state index is 0.103. The molecule has 3 aromatic rings. The summed E-state index contributed by atoms with van der Waals surface area (Å²) >= 11 is 0. The number of aromatic nitrogens is 3. The fraction of sp³-hybridized carbons (Fsp3) is 0.423. The van der Waals surface area contributed by atoms with Crippen molar-refractivity contribution in [3.05, 3.63) is 71.4 Å². The Kier molecular flexibility index (Phi) is 7.87. The van der Waals surface area contributed by atoms with Crippen LogP contribution in [0.2, 0.25) is 0 Å². The maximum absolute atomic E-state index is 13.7. The minimum Gasteiger partial charge on any atom is -0.390 e. The molecule has 0 radical (unpaired) electrons. The van der Waals surface area contributed by atoms with Crippen LogP contribution in [-0.4, -0.2) is 45.1 Å². The summed E-state index contributed by atoms with van der Waals surface area (Å²) in [5.41, 5.74) is 2.84. The third kappa shape index (κ3) is 6.29. The maximum atomic E-state index is 13.7. The molecule has 1 amide bonds. The van der Waals surface area contributed by atoms with Crippen molar-refractivity contribution in [2.75, 3.05) is 6.54 Å². The first-order valence-corrected chi connectivity index (χ1v) is 12.0. The van der Waals surface area contributed by atoms with Crippen LogP contribution >= 0.6 is 0 Å². The third-order valence-corrected chi connectivity index (χ3v) is 6.71. The van der Waals surface area contributed by atoms with Crippen molar-refractivity contribution in [3.8, 4) is 11.3 Å². The Morgan fingerprint density at radius 2 is 1.89 bits per heavy atom. The number of aromatic amines is 1. The maximum Gasteiger partial charge on any atom is 0.217 e. The summed E-state index contributed by atoms with van der Waals surface area (Å²) < 4.78 is 27.4. The largest absolute Gasteiger partial charge is 0.390 e. The van der Waals surface area contributed by atoms with Gasteiger partial charge in [-0.25, -0.2) is 8.78 Å². The standard InChI is InChI=1S/C26H31F2N5O2/c1-17(34)31-23(12-18-10-21(27)14-22(28)11-18)25(35)16-29-26(8-3-2-4-9-26)20-7-5-6-19(13-20)24-15-30-33-32-24/h5-7,10-11,13-15,23,25,29,35H,2-4,8-9,12,16H2,1H3,(H,31,34)(H,30,32,33). The summed E-state index contributed by atoms with van der Waals surface area (Å²) in [6, 6.07) is 10.7. The van der Waals surface area contributed by atoms with Crippen LogP contribution in [0.25, 0.3) is 11.3 Å². The van der Waals surface area contributed by atoms with Crippen LogP contribution in [0.15, 0.2) is 48.7 Å². The van der Waals surface area contributed by atoms with E-state index in [9.17, 15) is 18.7 Å². The van der Waals surface area contributed by atoms with Gasteiger partial charge in [0.05, 0.1) is 18.3 Å². The minimum atomic E-state index is -0.970. The molecular formula is C26H31F2N5O2. The molecule has 1 heterocycles. The van der Waals surface area contributed by atoms with E-state index < -0.39 is 23.8 Å². The molecule has 2 atom stereocenters. The first-order chi connectivity index (χ1) is 16.8. The van der Waals surface area contributed by atoms with Gasteiger partial charge in [-0.15, -0.1) is 0 Å². The zero-order valence-electron chi connectivity index (χ0n) is 19.7. The predicted octanol–water partition coefficient (Wildman–Crippen LogP) is 3.61. The molecule has 35 heavy (non-hydrogen) atoms. The highest BCUT2D eigenvalue weighted by molar-refractivity contribution is 5.73. The van der Waals surface area contributed by atoms with Gasteiger partial charge < -0.3 is 15.7 Å². The molecule has 0 spiro atoms. The van der Waals surface area contributed by atoms with Crippen molar-refractivity contribution in [1.82, 2.24) is 26.0 Å². The third-order valence-electron chi connectivity index (χ3n) is 6.71. The van der Waals surface area contributed by atoms with E-state index in [0.717, 1.165) is 55.0 Å². The lowest BCUT2D eigenvalue weighted by molar-refractivity contribution is -0.120. The van der Waals surface area contributed by atoms with Gasteiger partial charge >= 0.3 is 0 Å². The van der Waals surface area contributed by atoms with Crippen molar-refractivity contribution >= 4 is 5.91 Å². The van der Waals surface area contributed by atoms with Crippen LogP contribution < -0.4 is 10.6 Å². The molecule has 1 aromatic heterocycles. The van der Waals surface area contributed by atoms with Crippen LogP contribution in [0.1, 0.15) is 50.2 Å². The molecular weight excluding hydrogens is 452 g/mol. The number of carbonyl (C=O) groups excluding carboxylic acids is 1. The molecule has 7 nitrogen and oxygen atoms in total. The Morgan fingerprint density at radius 3 is 2.54 bits per heavy atom. The van der Waals surface area contributed by atoms with Crippen molar-refractivity contribution < 1.29 is 18.7 Å². The second-order valence-electron chi connectivity index (χ2n) is 9.32. The Hall–Kier alpha value is -3.17. The molecule has 2 aromatic carbocycles. The number of nitrogens with one attached hydrogen (secondary N) is 3. The van der Waals surface area contributed by atoms with Gasteiger partial charge in [0.15, 0.2) is 0 Å². The van der Waals surface area contributed by atoms with Gasteiger partial charge in [-0.3, -0.25) is 4.79 Å². The second kappa shape index (κ2) is 11.0. The van der Waals surface area contributed by atoms with E-state index in [2.05, 4.69) is 38.2 Å². The molecule has 1 aliphatic rings. The molecule has 1 aliphatic carbocycles. The molecule has 0 bridgehead atoms. The van der Waals surface area contributed by atoms with Gasteiger partial charge in [-0.05, 0) is 48.6 Å². The summed E-state index contributed by atoms with van der Waals surface area (Å²) in [7, 11) is 0. The second-order valence-corrected chi connectivity index (χ2v) is 9.32. The molecule has 2 unspecified atom stereocenters. The Morgan fingerprint density at radius 1 is 1.14 bits per heavy atom. The first kappa shape index (κ1) is 24.9. The number of hydrogen-bond donors (Lipinski definition) is 4. The number of carbonyl (C=O) groups is 1. The van der Waals surface area contributed by atoms with E-state index in [4.69, 9.17) is 0 Å². The molecule has 0 saturated heterocycles. The molecule has 9 heteroatoms. The number of amides is 1. The Labute approximate surface area is 203 Å². The fourth-order valence-electron chi connectivity index (χ4n) is 5.01. The molecule has 4 N–H and O–H groups in total. The Balaban J connectivity index is 1.53. The average molecular weight is 484 g/mol. The first-order valence-electron chi connectivity index (χ1n) is 12.0. The van der Waals surface area contributed by atoms with E-state index in [0.29, 0.717) is 5.56 Å². The summed E-state index contributed by atoms with van der Waals surface area (Å²) in [6.07, 6.45) is 5.87. The molecule has 1 fully saturated rings. The predicted molar refractivity (Wildman–Crippen MR) is 128 cm³/mol. The molecule has 186 valence electrons. The number of benzene rings is 2. The van der Waals surface area contributed by atoms with Crippen molar-refractivity contribution in [3.63, 3.8) is 0 Å². The molecule has 0 aliphatic heterocycles. The summed E-state index contributed by atoms with van der Waals surface area (Å²) in [5.74, 6) is -1.71. The van der Waals surface area contributed by atoms with E-state index in [1.54, 1.807) is 6.20 Å². The number of H-pyrrole nitrogens is 1. The number of rotatable bonds is 9. The van der Waals surface area contributed by atoms with Gasteiger partial charge in [0, 0.05) is 30.6 Å². The highest BCUT2D eigenvalue weighted by Gasteiger charge is 2.35. The van der Waals surface area contributed by atoms with Gasteiger partial charge in [0.2, 0.25) is 5.91 Å². The molecule has 4 rings (SSSR count). The van der Waals surface area contributed by atoms with Crippen LogP contribution in [0.4, 0.5) is 8.78 Å². The monoisotopic (exact) mass is 483 g/mol. The zero-order valence-corrected chi connectivity index (χ0v) is 19.7. The fourth-order valence-corrected chi connectivity index (χ4v) is 5.01. The van der Waals surface area contributed by atoms with Crippen molar-refractivity contribution in [2.45, 2.75) is 63.1 Å². The van der Waals surface area contributed by atoms with E-state index in [1.807, 2.05) is 12.1 Å². The van der Waals surface area contributed by atoms with E-state index in [1.165, 1.54) is 19.1 Å². The van der Waals surface area contributed by atoms with Crippen molar-refractivity contribution in [1.29, 1.82) is 0 Å². The summed E-state index contributed by atoms with van der Waals surface area (Å²) in [5, 5.41) is 28.1. The van der Waals surface area contributed by atoms with Crippen LogP contribution in [-0.2, 0) is 16.8 Å². The van der Waals surface area contributed by atoms with Gasteiger partial charge in [-0.2, -0.15) is 15.4 Å². The van der Waals surface area contributed by atoms with E-state index in [-0.39, 0.29) is 24.4 Å². The lowest BCUT2D eigenvalue weighted by Gasteiger charge is -2.40. The highest BCUT2D eigenvalue weighted by atomic mass is 19.1. The molecule has 1 saturated carbocycles. The quantitative estimate of drug-likeness (QED) is 0.372. The normalized spacial score (nSPS) is 17.0. The smallest absolute Gasteiger partial charge is 0.217 e. The van der Waals surface area contributed by atoms with Crippen LogP contribution in [0, 0.1) is 11.6 Å².